The summed E-state index contributed by atoms with van der Waals surface area (Å²) >= 11 is 3.49. The smallest absolute Gasteiger partial charge is 0.0528 e. The Bertz CT molecular complexity index is 509. The molecule has 0 aliphatic carbocycles. The van der Waals surface area contributed by atoms with E-state index in [4.69, 9.17) is 5.73 Å². The third-order valence-electron chi connectivity index (χ3n) is 2.43. The average Bonchev–Trinajstić information content (AvgIpc) is 2.27. The van der Waals surface area contributed by atoms with Gasteiger partial charge in [0.25, 0.3) is 0 Å². The highest BCUT2D eigenvalue weighted by Crippen LogP contribution is 2.26. The van der Waals surface area contributed by atoms with E-state index in [-0.39, 0.29) is 0 Å². The van der Waals surface area contributed by atoms with Crippen molar-refractivity contribution in [2.24, 2.45) is 0 Å². The highest BCUT2D eigenvalue weighted by molar-refractivity contribution is 9.10. The lowest BCUT2D eigenvalue weighted by atomic mass is 10.2. The Hall–Kier alpha value is -1.48. The topological polar surface area (TPSA) is 38.0 Å². The fraction of sp³-hybridized carbons (Fsp3) is 0.0769. The van der Waals surface area contributed by atoms with Crippen molar-refractivity contribution in [3.05, 3.63) is 52.5 Å². The first-order valence-corrected chi connectivity index (χ1v) is 5.84. The summed E-state index contributed by atoms with van der Waals surface area (Å²) in [7, 11) is 0. The van der Waals surface area contributed by atoms with Gasteiger partial charge in [0.05, 0.1) is 5.69 Å². The molecule has 3 heteroatoms. The molecule has 2 aromatic rings. The third kappa shape index (κ3) is 2.36. The second-order valence-corrected chi connectivity index (χ2v) is 4.53. The van der Waals surface area contributed by atoms with Crippen molar-refractivity contribution in [3.63, 3.8) is 0 Å². The summed E-state index contributed by atoms with van der Waals surface area (Å²) in [6.07, 6.45) is 0. The van der Waals surface area contributed by atoms with Crippen LogP contribution in [0.15, 0.2) is 46.9 Å². The lowest BCUT2D eigenvalue weighted by Gasteiger charge is -2.09. The Morgan fingerprint density at radius 3 is 2.56 bits per heavy atom. The van der Waals surface area contributed by atoms with Crippen molar-refractivity contribution in [3.8, 4) is 0 Å². The van der Waals surface area contributed by atoms with Crippen LogP contribution in [0.3, 0.4) is 0 Å². The van der Waals surface area contributed by atoms with Gasteiger partial charge in [-0.3, -0.25) is 0 Å². The van der Waals surface area contributed by atoms with Crippen LogP contribution in [0.5, 0.6) is 0 Å². The normalized spacial score (nSPS) is 10.1. The van der Waals surface area contributed by atoms with E-state index in [1.807, 2.05) is 49.4 Å². The van der Waals surface area contributed by atoms with Crippen LogP contribution in [0.25, 0.3) is 0 Å². The first kappa shape index (κ1) is 11.0. The lowest BCUT2D eigenvalue weighted by Crippen LogP contribution is -1.94. The molecular weight excluding hydrogens is 264 g/mol. The maximum atomic E-state index is 5.86. The molecule has 16 heavy (non-hydrogen) atoms. The lowest BCUT2D eigenvalue weighted by molar-refractivity contribution is 1.45. The minimum Gasteiger partial charge on any atom is -0.398 e. The van der Waals surface area contributed by atoms with Crippen LogP contribution in [-0.4, -0.2) is 0 Å². The van der Waals surface area contributed by atoms with Gasteiger partial charge in [0.15, 0.2) is 0 Å². The number of hydrogen-bond acceptors (Lipinski definition) is 2. The van der Waals surface area contributed by atoms with Crippen LogP contribution >= 0.6 is 15.9 Å². The van der Waals surface area contributed by atoms with Gasteiger partial charge < -0.3 is 11.1 Å². The molecule has 0 amide bonds. The molecule has 3 N–H and O–H groups in total. The zero-order chi connectivity index (χ0) is 11.5. The van der Waals surface area contributed by atoms with Gasteiger partial charge in [-0.15, -0.1) is 0 Å². The Labute approximate surface area is 104 Å². The minimum atomic E-state index is 0.803. The molecule has 0 bridgehead atoms. The fourth-order valence-electron chi connectivity index (χ4n) is 1.44. The maximum Gasteiger partial charge on any atom is 0.0528 e. The van der Waals surface area contributed by atoms with Crippen LogP contribution in [0, 0.1) is 6.92 Å². The Balaban J connectivity index is 2.28. The standard InChI is InChI=1S/C13H13BrN2/c1-9-6-7-10(8-12(9)15)16-13-5-3-2-4-11(13)14/h2-8,16H,15H2,1H3. The number of aryl methyl sites for hydroxylation is 1. The summed E-state index contributed by atoms with van der Waals surface area (Å²) in [5, 5.41) is 3.31. The predicted octanol–water partition coefficient (Wildman–Crippen LogP) is 4.08. The fourth-order valence-corrected chi connectivity index (χ4v) is 1.82. The quantitative estimate of drug-likeness (QED) is 0.811. The molecule has 2 aromatic carbocycles. The number of halogens is 1. The first-order chi connectivity index (χ1) is 7.66. The summed E-state index contributed by atoms with van der Waals surface area (Å²) in [5.41, 5.74) is 9.79. The molecule has 2 nitrogen and oxygen atoms in total. The minimum absolute atomic E-state index is 0.803. The molecule has 0 aliphatic rings. The van der Waals surface area contributed by atoms with Gasteiger partial charge in [0.1, 0.15) is 0 Å². The largest absolute Gasteiger partial charge is 0.398 e. The molecule has 0 fully saturated rings. The number of benzene rings is 2. The van der Waals surface area contributed by atoms with Crippen LogP contribution < -0.4 is 11.1 Å². The van der Waals surface area contributed by atoms with Crippen molar-refractivity contribution in [2.75, 3.05) is 11.1 Å². The molecule has 0 aromatic heterocycles. The second kappa shape index (κ2) is 4.58. The van der Waals surface area contributed by atoms with Crippen molar-refractivity contribution < 1.29 is 0 Å². The molecule has 0 saturated heterocycles. The number of hydrogen-bond donors (Lipinski definition) is 2. The summed E-state index contributed by atoms with van der Waals surface area (Å²) in [6, 6.07) is 14.0. The molecule has 0 spiro atoms. The molecule has 0 saturated carbocycles. The number of nitrogens with one attached hydrogen (secondary N) is 1. The van der Waals surface area contributed by atoms with E-state index in [2.05, 4.69) is 21.2 Å². The van der Waals surface area contributed by atoms with Crippen LogP contribution in [0.2, 0.25) is 0 Å². The molecule has 0 atom stereocenters. The van der Waals surface area contributed by atoms with E-state index in [0.717, 1.165) is 27.1 Å². The monoisotopic (exact) mass is 276 g/mol. The van der Waals surface area contributed by atoms with E-state index >= 15 is 0 Å². The van der Waals surface area contributed by atoms with Gasteiger partial charge in [-0.2, -0.15) is 0 Å². The van der Waals surface area contributed by atoms with Crippen LogP contribution in [0.4, 0.5) is 17.1 Å². The molecule has 0 radical (unpaired) electrons. The van der Waals surface area contributed by atoms with E-state index in [1.165, 1.54) is 0 Å². The molecule has 0 heterocycles. The number of rotatable bonds is 2. The first-order valence-electron chi connectivity index (χ1n) is 5.04. The summed E-state index contributed by atoms with van der Waals surface area (Å²) in [4.78, 5) is 0. The van der Waals surface area contributed by atoms with E-state index in [1.54, 1.807) is 0 Å². The highest BCUT2D eigenvalue weighted by atomic mass is 79.9. The number of anilines is 3. The zero-order valence-electron chi connectivity index (χ0n) is 9.00. The number of para-hydroxylation sites is 1. The summed E-state index contributed by atoms with van der Waals surface area (Å²) in [6.45, 7) is 2.00. The van der Waals surface area contributed by atoms with Gasteiger partial charge in [0, 0.05) is 15.8 Å². The molecule has 0 aliphatic heterocycles. The Morgan fingerprint density at radius 1 is 1.12 bits per heavy atom. The number of nitrogens with two attached hydrogens (primary N) is 1. The van der Waals surface area contributed by atoms with Crippen LogP contribution in [0.1, 0.15) is 5.56 Å². The zero-order valence-corrected chi connectivity index (χ0v) is 10.6. The van der Waals surface area contributed by atoms with Crippen LogP contribution in [-0.2, 0) is 0 Å². The van der Waals surface area contributed by atoms with Crippen molar-refractivity contribution in [2.45, 2.75) is 6.92 Å². The third-order valence-corrected chi connectivity index (χ3v) is 3.12. The Morgan fingerprint density at radius 2 is 1.88 bits per heavy atom. The SMILES string of the molecule is Cc1ccc(Nc2ccccc2Br)cc1N. The van der Waals surface area contributed by atoms with Crippen molar-refractivity contribution in [1.29, 1.82) is 0 Å². The maximum absolute atomic E-state index is 5.86. The molecule has 82 valence electrons. The van der Waals surface area contributed by atoms with E-state index in [9.17, 15) is 0 Å². The van der Waals surface area contributed by atoms with Gasteiger partial charge in [-0.1, -0.05) is 18.2 Å². The second-order valence-electron chi connectivity index (χ2n) is 3.68. The average molecular weight is 277 g/mol. The summed E-state index contributed by atoms with van der Waals surface area (Å²) < 4.78 is 1.04. The predicted molar refractivity (Wildman–Crippen MR) is 73.0 cm³/mol. The molecule has 2 rings (SSSR count). The number of nitrogen functional groups attached to an aromatic ring is 1. The van der Waals surface area contributed by atoms with E-state index in [0.29, 0.717) is 0 Å². The highest BCUT2D eigenvalue weighted by Gasteiger charge is 2.00. The van der Waals surface area contributed by atoms with Gasteiger partial charge in [-0.05, 0) is 52.7 Å². The van der Waals surface area contributed by atoms with Gasteiger partial charge in [0.2, 0.25) is 0 Å². The van der Waals surface area contributed by atoms with Gasteiger partial charge >= 0.3 is 0 Å². The summed E-state index contributed by atoms with van der Waals surface area (Å²) in [5.74, 6) is 0. The van der Waals surface area contributed by atoms with Crippen molar-refractivity contribution >= 4 is 33.0 Å². The van der Waals surface area contributed by atoms with Gasteiger partial charge in [-0.25, -0.2) is 0 Å². The Kier molecular flexibility index (Phi) is 3.15. The van der Waals surface area contributed by atoms with Crippen molar-refractivity contribution in [1.82, 2.24) is 0 Å². The molecular formula is C13H13BrN2. The molecule has 0 unspecified atom stereocenters. The van der Waals surface area contributed by atoms with E-state index < -0.39 is 0 Å².